The number of hydrogen-bond acceptors (Lipinski definition) is 3. The van der Waals surface area contributed by atoms with Crippen molar-refractivity contribution in [3.05, 3.63) is 24.3 Å². The first-order valence-corrected chi connectivity index (χ1v) is 5.77. The van der Waals surface area contributed by atoms with Gasteiger partial charge in [0.05, 0.1) is 12.5 Å². The Morgan fingerprint density at radius 1 is 1.12 bits per heavy atom. The van der Waals surface area contributed by atoms with E-state index in [-0.39, 0.29) is 17.7 Å². The van der Waals surface area contributed by atoms with Crippen LogP contribution in [0.1, 0.15) is 32.6 Å². The smallest absolute Gasteiger partial charge is 0.305 e. The number of esters is 1. The fourth-order valence-electron chi connectivity index (χ4n) is 1.61. The van der Waals surface area contributed by atoms with Crippen LogP contribution in [0.15, 0.2) is 24.3 Å². The van der Waals surface area contributed by atoms with Crippen molar-refractivity contribution < 1.29 is 14.3 Å². The van der Waals surface area contributed by atoms with Gasteiger partial charge < -0.3 is 4.74 Å². The maximum atomic E-state index is 11.6. The third-order valence-corrected chi connectivity index (χ3v) is 2.48. The van der Waals surface area contributed by atoms with Crippen LogP contribution in [-0.2, 0) is 14.3 Å². The summed E-state index contributed by atoms with van der Waals surface area (Å²) in [6, 6.07) is 0. The highest BCUT2D eigenvalue weighted by Crippen LogP contribution is 2.14. The summed E-state index contributed by atoms with van der Waals surface area (Å²) in [7, 11) is 0. The highest BCUT2D eigenvalue weighted by Gasteiger charge is 2.13. The maximum absolute atomic E-state index is 11.6. The predicted octanol–water partition coefficient (Wildman–Crippen LogP) is 2.42. The van der Waals surface area contributed by atoms with Crippen molar-refractivity contribution >= 4 is 11.8 Å². The molecule has 0 unspecified atom stereocenters. The zero-order valence-electron chi connectivity index (χ0n) is 9.65. The molecule has 0 aromatic rings. The first kappa shape index (κ1) is 12.7. The number of rotatable bonds is 7. The predicted molar refractivity (Wildman–Crippen MR) is 61.9 cm³/mol. The maximum Gasteiger partial charge on any atom is 0.305 e. The molecule has 3 nitrogen and oxygen atoms in total. The number of Topliss-reactive ketones (excluding diaryl/α,β-unsaturated/α-hetero) is 1. The second-order valence-corrected chi connectivity index (χ2v) is 3.77. The number of ether oxygens (including phenoxy) is 1. The van der Waals surface area contributed by atoms with Crippen LogP contribution in [0.25, 0.3) is 0 Å². The SMILES string of the molecule is CCOC(=O)CCCCC(=O)C1C=CC=C1. The first-order chi connectivity index (χ1) is 7.74. The fraction of sp³-hybridized carbons (Fsp3) is 0.538. The molecule has 1 aliphatic carbocycles. The van der Waals surface area contributed by atoms with Gasteiger partial charge in [-0.05, 0) is 19.8 Å². The third kappa shape index (κ3) is 4.43. The van der Waals surface area contributed by atoms with Gasteiger partial charge in [-0.15, -0.1) is 0 Å². The Labute approximate surface area is 96.2 Å². The molecule has 0 aromatic carbocycles. The number of carbonyl (C=O) groups is 2. The van der Waals surface area contributed by atoms with Crippen LogP contribution < -0.4 is 0 Å². The van der Waals surface area contributed by atoms with E-state index < -0.39 is 0 Å². The molecule has 16 heavy (non-hydrogen) atoms. The van der Waals surface area contributed by atoms with Crippen molar-refractivity contribution in [1.29, 1.82) is 0 Å². The van der Waals surface area contributed by atoms with Crippen molar-refractivity contribution in [1.82, 2.24) is 0 Å². The number of ketones is 1. The van der Waals surface area contributed by atoms with E-state index in [1.165, 1.54) is 0 Å². The zero-order valence-corrected chi connectivity index (χ0v) is 9.65. The quantitative estimate of drug-likeness (QED) is 0.491. The van der Waals surface area contributed by atoms with Crippen LogP contribution in [0.2, 0.25) is 0 Å². The van der Waals surface area contributed by atoms with Gasteiger partial charge in [0, 0.05) is 12.8 Å². The van der Waals surface area contributed by atoms with E-state index in [9.17, 15) is 9.59 Å². The summed E-state index contributed by atoms with van der Waals surface area (Å²) in [5, 5.41) is 0. The Hall–Kier alpha value is -1.38. The van der Waals surface area contributed by atoms with Crippen LogP contribution in [0.5, 0.6) is 0 Å². The van der Waals surface area contributed by atoms with E-state index in [1.54, 1.807) is 6.92 Å². The molecule has 0 spiro atoms. The molecule has 0 aromatic heterocycles. The molecule has 0 heterocycles. The Morgan fingerprint density at radius 2 is 1.75 bits per heavy atom. The summed E-state index contributed by atoms with van der Waals surface area (Å²) in [6.07, 6.45) is 10.0. The molecule has 3 heteroatoms. The van der Waals surface area contributed by atoms with Crippen molar-refractivity contribution in [2.45, 2.75) is 32.6 Å². The standard InChI is InChI=1S/C13H18O3/c1-2-16-13(15)10-6-5-9-12(14)11-7-3-4-8-11/h3-4,7-8,11H,2,5-6,9-10H2,1H3. The van der Waals surface area contributed by atoms with Crippen LogP contribution in [-0.4, -0.2) is 18.4 Å². The lowest BCUT2D eigenvalue weighted by molar-refractivity contribution is -0.143. The molecule has 0 amide bonds. The summed E-state index contributed by atoms with van der Waals surface area (Å²) >= 11 is 0. The Morgan fingerprint density at radius 3 is 2.38 bits per heavy atom. The van der Waals surface area contributed by atoms with Gasteiger partial charge in [0.1, 0.15) is 5.78 Å². The molecular formula is C13H18O3. The lowest BCUT2D eigenvalue weighted by Gasteiger charge is -2.04. The van der Waals surface area contributed by atoms with E-state index in [1.807, 2.05) is 24.3 Å². The van der Waals surface area contributed by atoms with E-state index in [2.05, 4.69) is 0 Å². The van der Waals surface area contributed by atoms with Gasteiger partial charge in [-0.2, -0.15) is 0 Å². The fourth-order valence-corrected chi connectivity index (χ4v) is 1.61. The highest BCUT2D eigenvalue weighted by molar-refractivity contribution is 5.85. The molecule has 0 saturated heterocycles. The van der Waals surface area contributed by atoms with Gasteiger partial charge in [-0.3, -0.25) is 9.59 Å². The van der Waals surface area contributed by atoms with Crippen LogP contribution >= 0.6 is 0 Å². The minimum Gasteiger partial charge on any atom is -0.466 e. The van der Waals surface area contributed by atoms with Gasteiger partial charge in [-0.1, -0.05) is 24.3 Å². The minimum atomic E-state index is -0.171. The third-order valence-electron chi connectivity index (χ3n) is 2.48. The summed E-state index contributed by atoms with van der Waals surface area (Å²) in [4.78, 5) is 22.6. The zero-order chi connectivity index (χ0) is 11.8. The number of carbonyl (C=O) groups excluding carboxylic acids is 2. The summed E-state index contributed by atoms with van der Waals surface area (Å²) in [5.74, 6) is 0.0204. The van der Waals surface area contributed by atoms with Crippen molar-refractivity contribution in [3.63, 3.8) is 0 Å². The van der Waals surface area contributed by atoms with Crippen molar-refractivity contribution in [2.75, 3.05) is 6.61 Å². The first-order valence-electron chi connectivity index (χ1n) is 5.77. The number of hydrogen-bond donors (Lipinski definition) is 0. The molecule has 0 N–H and O–H groups in total. The topological polar surface area (TPSA) is 43.4 Å². The molecule has 0 radical (unpaired) electrons. The second kappa shape index (κ2) is 6.99. The monoisotopic (exact) mass is 222 g/mol. The summed E-state index contributed by atoms with van der Waals surface area (Å²) in [5.41, 5.74) is 0. The Kier molecular flexibility index (Phi) is 5.54. The van der Waals surface area contributed by atoms with Crippen LogP contribution in [0.3, 0.4) is 0 Å². The van der Waals surface area contributed by atoms with Crippen LogP contribution in [0, 0.1) is 5.92 Å². The molecular weight excluding hydrogens is 204 g/mol. The van der Waals surface area contributed by atoms with Crippen molar-refractivity contribution in [2.24, 2.45) is 5.92 Å². The summed E-state index contributed by atoms with van der Waals surface area (Å²) in [6.45, 7) is 2.22. The van der Waals surface area contributed by atoms with Crippen molar-refractivity contribution in [3.8, 4) is 0 Å². The Bertz CT molecular complexity index is 290. The van der Waals surface area contributed by atoms with E-state index in [0.717, 1.165) is 12.8 Å². The molecule has 0 fully saturated rings. The molecule has 0 aliphatic heterocycles. The van der Waals surface area contributed by atoms with Gasteiger partial charge in [-0.25, -0.2) is 0 Å². The average Bonchev–Trinajstić information content (AvgIpc) is 2.78. The number of unbranched alkanes of at least 4 members (excludes halogenated alkanes) is 1. The van der Waals surface area contributed by atoms with Gasteiger partial charge in [0.2, 0.25) is 0 Å². The van der Waals surface area contributed by atoms with Gasteiger partial charge in [0.15, 0.2) is 0 Å². The average molecular weight is 222 g/mol. The molecule has 0 bridgehead atoms. The largest absolute Gasteiger partial charge is 0.466 e. The summed E-state index contributed by atoms with van der Waals surface area (Å²) < 4.78 is 4.80. The molecule has 88 valence electrons. The van der Waals surface area contributed by atoms with E-state index in [0.29, 0.717) is 19.4 Å². The second-order valence-electron chi connectivity index (χ2n) is 3.77. The molecule has 1 aliphatic rings. The normalized spacial score (nSPS) is 14.3. The van der Waals surface area contributed by atoms with Crippen LogP contribution in [0.4, 0.5) is 0 Å². The highest BCUT2D eigenvalue weighted by atomic mass is 16.5. The molecule has 0 saturated carbocycles. The lowest BCUT2D eigenvalue weighted by atomic mass is 10.0. The molecule has 0 atom stereocenters. The van der Waals surface area contributed by atoms with Gasteiger partial charge in [0.25, 0.3) is 0 Å². The van der Waals surface area contributed by atoms with Gasteiger partial charge >= 0.3 is 5.97 Å². The Balaban J connectivity index is 2.07. The lowest BCUT2D eigenvalue weighted by Crippen LogP contribution is -2.08. The minimum absolute atomic E-state index is 0.0393. The molecule has 1 rings (SSSR count). The van der Waals surface area contributed by atoms with E-state index in [4.69, 9.17) is 4.74 Å². The van der Waals surface area contributed by atoms with E-state index >= 15 is 0 Å². The number of allylic oxidation sites excluding steroid dienone is 4.